The molecule has 0 bridgehead atoms. The van der Waals surface area contributed by atoms with Crippen LogP contribution in [0, 0.1) is 5.82 Å². The van der Waals surface area contributed by atoms with Crippen molar-refractivity contribution in [3.63, 3.8) is 0 Å². The highest BCUT2D eigenvalue weighted by molar-refractivity contribution is 5.99. The lowest BCUT2D eigenvalue weighted by Crippen LogP contribution is -2.32. The van der Waals surface area contributed by atoms with Gasteiger partial charge in [0.15, 0.2) is 11.5 Å². The number of halogens is 1. The van der Waals surface area contributed by atoms with Gasteiger partial charge in [-0.2, -0.15) is 0 Å². The van der Waals surface area contributed by atoms with Crippen LogP contribution >= 0.6 is 0 Å². The van der Waals surface area contributed by atoms with Crippen molar-refractivity contribution in [2.75, 3.05) is 19.0 Å². The Morgan fingerprint density at radius 1 is 1.00 bits per heavy atom. The Bertz CT molecular complexity index is 1010. The lowest BCUT2D eigenvalue weighted by Gasteiger charge is -2.13. The molecule has 0 atom stereocenters. The number of rotatable bonds is 8. The molecule has 0 aliphatic heterocycles. The molecule has 2 aromatic carbocycles. The predicted molar refractivity (Wildman–Crippen MR) is 109 cm³/mol. The van der Waals surface area contributed by atoms with Gasteiger partial charge in [0.2, 0.25) is 5.91 Å². The van der Waals surface area contributed by atoms with Gasteiger partial charge in [0.05, 0.1) is 13.7 Å². The van der Waals surface area contributed by atoms with Crippen LogP contribution in [0.2, 0.25) is 0 Å². The molecule has 154 valence electrons. The summed E-state index contributed by atoms with van der Waals surface area (Å²) in [5, 5.41) is 5.18. The van der Waals surface area contributed by atoms with Crippen LogP contribution < -0.4 is 20.1 Å². The van der Waals surface area contributed by atoms with Crippen LogP contribution in [-0.4, -0.2) is 30.5 Å². The zero-order valence-corrected chi connectivity index (χ0v) is 16.2. The van der Waals surface area contributed by atoms with E-state index in [0.717, 1.165) is 5.56 Å². The second-order valence-corrected chi connectivity index (χ2v) is 6.25. The molecule has 7 nitrogen and oxygen atoms in total. The van der Waals surface area contributed by atoms with Crippen molar-refractivity contribution in [1.82, 2.24) is 10.3 Å². The van der Waals surface area contributed by atoms with Gasteiger partial charge in [-0.25, -0.2) is 4.39 Å². The molecule has 0 aliphatic rings. The summed E-state index contributed by atoms with van der Waals surface area (Å²) in [6.45, 7) is 0.0689. The fourth-order valence-electron chi connectivity index (χ4n) is 2.58. The molecule has 0 radical (unpaired) electrons. The summed E-state index contributed by atoms with van der Waals surface area (Å²) in [5.41, 5.74) is 1.69. The molecule has 3 rings (SSSR count). The van der Waals surface area contributed by atoms with Crippen molar-refractivity contribution < 1.29 is 23.5 Å². The van der Waals surface area contributed by atoms with Gasteiger partial charge in [-0.1, -0.05) is 0 Å². The second-order valence-electron chi connectivity index (χ2n) is 6.25. The van der Waals surface area contributed by atoms with Crippen molar-refractivity contribution in [3.05, 3.63) is 83.9 Å². The number of amides is 2. The number of aromatic nitrogens is 1. The first kappa shape index (κ1) is 20.8. The molecular weight excluding hydrogens is 389 g/mol. The third-order valence-corrected chi connectivity index (χ3v) is 4.11. The quantitative estimate of drug-likeness (QED) is 0.597. The van der Waals surface area contributed by atoms with E-state index < -0.39 is 17.6 Å². The van der Waals surface area contributed by atoms with Crippen molar-refractivity contribution in [2.45, 2.75) is 6.61 Å². The molecule has 0 saturated heterocycles. The first-order valence-corrected chi connectivity index (χ1v) is 9.08. The molecule has 3 aromatic rings. The zero-order valence-electron chi connectivity index (χ0n) is 16.2. The van der Waals surface area contributed by atoms with Gasteiger partial charge in [-0.05, 0) is 54.1 Å². The van der Waals surface area contributed by atoms with E-state index in [1.807, 2.05) is 12.1 Å². The van der Waals surface area contributed by atoms with Crippen LogP contribution in [0.5, 0.6) is 11.5 Å². The summed E-state index contributed by atoms with van der Waals surface area (Å²) in [6.07, 6.45) is 3.35. The van der Waals surface area contributed by atoms with Crippen LogP contribution in [0.15, 0.2) is 67.0 Å². The summed E-state index contributed by atoms with van der Waals surface area (Å²) in [5.74, 6) is -0.350. The fourth-order valence-corrected chi connectivity index (χ4v) is 2.58. The third-order valence-electron chi connectivity index (χ3n) is 4.11. The van der Waals surface area contributed by atoms with E-state index in [-0.39, 0.29) is 12.1 Å². The molecule has 8 heteroatoms. The molecule has 0 unspecified atom stereocenters. The maximum Gasteiger partial charge on any atom is 0.251 e. The van der Waals surface area contributed by atoms with Gasteiger partial charge in [-0.3, -0.25) is 14.6 Å². The van der Waals surface area contributed by atoms with E-state index in [9.17, 15) is 14.0 Å². The average molecular weight is 409 g/mol. The number of benzene rings is 2. The number of carbonyl (C=O) groups excluding carboxylic acids is 2. The zero-order chi connectivity index (χ0) is 21.3. The Kier molecular flexibility index (Phi) is 6.94. The van der Waals surface area contributed by atoms with Crippen LogP contribution in [-0.2, 0) is 11.4 Å². The number of ether oxygens (including phenoxy) is 2. The van der Waals surface area contributed by atoms with Crippen molar-refractivity contribution in [2.24, 2.45) is 0 Å². The Labute approximate surface area is 172 Å². The highest BCUT2D eigenvalue weighted by Gasteiger charge is 2.11. The number of carbonyl (C=O) groups is 2. The minimum atomic E-state index is -0.471. The lowest BCUT2D eigenvalue weighted by molar-refractivity contribution is -0.115. The van der Waals surface area contributed by atoms with Crippen molar-refractivity contribution >= 4 is 17.5 Å². The van der Waals surface area contributed by atoms with E-state index in [4.69, 9.17) is 9.47 Å². The Balaban J connectivity index is 1.57. The number of nitrogens with zero attached hydrogens (tertiary/aromatic N) is 1. The predicted octanol–water partition coefficient (Wildman–Crippen LogP) is 3.18. The van der Waals surface area contributed by atoms with E-state index >= 15 is 0 Å². The standard InChI is InChI=1S/C22H20FN3O4/c1-29-19-7-6-18(12-20(19)30-14-15-8-10-24-11-9-15)26-21(27)13-25-22(28)16-2-4-17(23)5-3-16/h2-12H,13-14H2,1H3,(H,25,28)(H,26,27). The van der Waals surface area contributed by atoms with E-state index in [2.05, 4.69) is 15.6 Å². The van der Waals surface area contributed by atoms with Crippen LogP contribution in [0.1, 0.15) is 15.9 Å². The van der Waals surface area contributed by atoms with Crippen molar-refractivity contribution in [1.29, 1.82) is 0 Å². The first-order valence-electron chi connectivity index (χ1n) is 9.08. The lowest BCUT2D eigenvalue weighted by atomic mass is 10.2. The molecule has 2 amide bonds. The smallest absolute Gasteiger partial charge is 0.251 e. The molecule has 1 aromatic heterocycles. The van der Waals surface area contributed by atoms with E-state index in [1.165, 1.54) is 31.4 Å². The monoisotopic (exact) mass is 409 g/mol. The van der Waals surface area contributed by atoms with Crippen LogP contribution in [0.4, 0.5) is 10.1 Å². The number of methoxy groups -OCH3 is 1. The number of nitrogens with one attached hydrogen (secondary N) is 2. The van der Waals surface area contributed by atoms with E-state index in [0.29, 0.717) is 23.8 Å². The maximum atomic E-state index is 12.9. The highest BCUT2D eigenvalue weighted by Crippen LogP contribution is 2.30. The van der Waals surface area contributed by atoms with Gasteiger partial charge in [0.1, 0.15) is 12.4 Å². The summed E-state index contributed by atoms with van der Waals surface area (Å²) >= 11 is 0. The number of hydrogen-bond acceptors (Lipinski definition) is 5. The normalized spacial score (nSPS) is 10.2. The Morgan fingerprint density at radius 3 is 2.43 bits per heavy atom. The highest BCUT2D eigenvalue weighted by atomic mass is 19.1. The largest absolute Gasteiger partial charge is 0.493 e. The topological polar surface area (TPSA) is 89.6 Å². The molecule has 0 saturated carbocycles. The van der Waals surface area contributed by atoms with Crippen LogP contribution in [0.25, 0.3) is 0 Å². The minimum Gasteiger partial charge on any atom is -0.493 e. The molecule has 0 spiro atoms. The van der Waals surface area contributed by atoms with Gasteiger partial charge in [0.25, 0.3) is 5.91 Å². The molecular formula is C22H20FN3O4. The maximum absolute atomic E-state index is 12.9. The molecule has 1 heterocycles. The van der Waals surface area contributed by atoms with Gasteiger partial charge >= 0.3 is 0 Å². The summed E-state index contributed by atoms with van der Waals surface area (Å²) in [6, 6.07) is 13.7. The van der Waals surface area contributed by atoms with Crippen LogP contribution in [0.3, 0.4) is 0 Å². The Hall–Kier alpha value is -3.94. The summed E-state index contributed by atoms with van der Waals surface area (Å²) < 4.78 is 24.0. The average Bonchev–Trinajstić information content (AvgIpc) is 2.77. The fraction of sp³-hybridized carbons (Fsp3) is 0.136. The summed E-state index contributed by atoms with van der Waals surface area (Å²) in [7, 11) is 1.53. The third kappa shape index (κ3) is 5.78. The van der Waals surface area contributed by atoms with Crippen molar-refractivity contribution in [3.8, 4) is 11.5 Å². The molecule has 2 N–H and O–H groups in total. The second kappa shape index (κ2) is 10.0. The molecule has 0 fully saturated rings. The summed E-state index contributed by atoms with van der Waals surface area (Å²) in [4.78, 5) is 28.2. The number of anilines is 1. The molecule has 0 aliphatic carbocycles. The SMILES string of the molecule is COc1ccc(NC(=O)CNC(=O)c2ccc(F)cc2)cc1OCc1ccncc1. The van der Waals surface area contributed by atoms with Gasteiger partial charge in [-0.15, -0.1) is 0 Å². The number of hydrogen-bond donors (Lipinski definition) is 2. The van der Waals surface area contributed by atoms with E-state index in [1.54, 1.807) is 30.6 Å². The van der Waals surface area contributed by atoms with Gasteiger partial charge < -0.3 is 20.1 Å². The first-order chi connectivity index (χ1) is 14.5. The Morgan fingerprint density at radius 2 is 1.73 bits per heavy atom. The molecule has 30 heavy (non-hydrogen) atoms. The van der Waals surface area contributed by atoms with Gasteiger partial charge in [0, 0.05) is 29.7 Å². The number of pyridine rings is 1. The minimum absolute atomic E-state index is 0.241.